The second-order valence-electron chi connectivity index (χ2n) is 4.12. The molecule has 0 unspecified atom stereocenters. The molecule has 0 fully saturated rings. The third-order valence-electron chi connectivity index (χ3n) is 2.78. The van der Waals surface area contributed by atoms with Gasteiger partial charge in [-0.25, -0.2) is 4.98 Å². The van der Waals surface area contributed by atoms with Gasteiger partial charge >= 0.3 is 0 Å². The number of aromatic nitrogens is 1. The molecule has 0 aliphatic heterocycles. The van der Waals surface area contributed by atoms with Gasteiger partial charge in [0.05, 0.1) is 17.1 Å². The fourth-order valence-electron chi connectivity index (χ4n) is 1.80. The lowest BCUT2D eigenvalue weighted by Gasteiger charge is -2.05. The van der Waals surface area contributed by atoms with Crippen molar-refractivity contribution in [3.63, 3.8) is 0 Å². The van der Waals surface area contributed by atoms with Gasteiger partial charge < -0.3 is 11.1 Å². The van der Waals surface area contributed by atoms with Crippen molar-refractivity contribution in [2.45, 2.75) is 0 Å². The largest absolute Gasteiger partial charge is 0.397 e. The van der Waals surface area contributed by atoms with E-state index in [0.717, 1.165) is 27.8 Å². The number of thiazole rings is 1. The van der Waals surface area contributed by atoms with Crippen LogP contribution in [0.25, 0.3) is 11.3 Å². The monoisotopic (exact) mass is 303 g/mol. The molecule has 5 heteroatoms. The summed E-state index contributed by atoms with van der Waals surface area (Å²) >= 11 is 1.57. The Labute approximate surface area is 127 Å². The molecule has 0 radical (unpaired) electrons. The van der Waals surface area contributed by atoms with Gasteiger partial charge in [-0.2, -0.15) is 0 Å². The number of halogens is 1. The predicted octanol–water partition coefficient (Wildman–Crippen LogP) is 4.56. The van der Waals surface area contributed by atoms with Crippen LogP contribution in [0.15, 0.2) is 60.0 Å². The molecule has 1 heterocycles. The second-order valence-corrected chi connectivity index (χ2v) is 4.97. The number of hydrogen-bond donors (Lipinski definition) is 2. The average molecular weight is 304 g/mol. The molecule has 0 aliphatic carbocycles. The molecular formula is C15H14ClN3S. The molecule has 20 heavy (non-hydrogen) atoms. The van der Waals surface area contributed by atoms with Gasteiger partial charge in [-0.05, 0) is 12.1 Å². The van der Waals surface area contributed by atoms with E-state index in [9.17, 15) is 0 Å². The van der Waals surface area contributed by atoms with E-state index in [0.29, 0.717) is 0 Å². The van der Waals surface area contributed by atoms with Crippen molar-refractivity contribution in [1.82, 2.24) is 4.98 Å². The van der Waals surface area contributed by atoms with Gasteiger partial charge in [0.2, 0.25) is 0 Å². The fourth-order valence-corrected chi connectivity index (χ4v) is 2.53. The fraction of sp³-hybridized carbons (Fsp3) is 0. The third kappa shape index (κ3) is 3.10. The maximum atomic E-state index is 5.90. The van der Waals surface area contributed by atoms with Crippen LogP contribution >= 0.6 is 23.7 Å². The highest BCUT2D eigenvalue weighted by Gasteiger charge is 2.05. The van der Waals surface area contributed by atoms with Crippen molar-refractivity contribution < 1.29 is 0 Å². The SMILES string of the molecule is Cl.Nc1ccccc1Nc1nc(-c2ccccc2)cs1. The predicted molar refractivity (Wildman–Crippen MR) is 88.9 cm³/mol. The minimum atomic E-state index is 0. The Morgan fingerprint density at radius 3 is 2.40 bits per heavy atom. The maximum Gasteiger partial charge on any atom is 0.187 e. The Hall–Kier alpha value is -2.04. The summed E-state index contributed by atoms with van der Waals surface area (Å²) in [4.78, 5) is 4.57. The van der Waals surface area contributed by atoms with E-state index < -0.39 is 0 Å². The zero-order chi connectivity index (χ0) is 13.1. The van der Waals surface area contributed by atoms with E-state index in [4.69, 9.17) is 5.73 Å². The van der Waals surface area contributed by atoms with Crippen LogP contribution in [0.1, 0.15) is 0 Å². The Balaban J connectivity index is 0.00000147. The molecule has 3 nitrogen and oxygen atoms in total. The van der Waals surface area contributed by atoms with Gasteiger partial charge in [0.15, 0.2) is 5.13 Å². The van der Waals surface area contributed by atoms with Gasteiger partial charge in [0, 0.05) is 10.9 Å². The molecule has 0 aliphatic rings. The molecular weight excluding hydrogens is 290 g/mol. The van der Waals surface area contributed by atoms with Crippen LogP contribution in [0.2, 0.25) is 0 Å². The number of anilines is 3. The number of hydrogen-bond acceptors (Lipinski definition) is 4. The topological polar surface area (TPSA) is 50.9 Å². The molecule has 3 rings (SSSR count). The molecule has 1 aromatic heterocycles. The van der Waals surface area contributed by atoms with Gasteiger partial charge in [0.1, 0.15) is 0 Å². The van der Waals surface area contributed by atoms with Crippen LogP contribution < -0.4 is 11.1 Å². The Morgan fingerprint density at radius 1 is 0.950 bits per heavy atom. The number of para-hydroxylation sites is 2. The van der Waals surface area contributed by atoms with Crippen LogP contribution in [0.4, 0.5) is 16.5 Å². The maximum absolute atomic E-state index is 5.90. The summed E-state index contributed by atoms with van der Waals surface area (Å²) in [5, 5.41) is 6.13. The van der Waals surface area contributed by atoms with E-state index in [-0.39, 0.29) is 12.4 Å². The Morgan fingerprint density at radius 2 is 1.65 bits per heavy atom. The minimum absolute atomic E-state index is 0. The molecule has 3 N–H and O–H groups in total. The lowest BCUT2D eigenvalue weighted by molar-refractivity contribution is 1.38. The lowest BCUT2D eigenvalue weighted by atomic mass is 10.2. The zero-order valence-corrected chi connectivity index (χ0v) is 12.2. The van der Waals surface area contributed by atoms with Crippen molar-refractivity contribution in [2.24, 2.45) is 0 Å². The molecule has 0 bridgehead atoms. The quantitative estimate of drug-likeness (QED) is 0.697. The number of benzene rings is 2. The first-order valence-electron chi connectivity index (χ1n) is 5.95. The summed E-state index contributed by atoms with van der Waals surface area (Å²) in [6.07, 6.45) is 0. The van der Waals surface area contributed by atoms with Gasteiger partial charge in [-0.3, -0.25) is 0 Å². The summed E-state index contributed by atoms with van der Waals surface area (Å²) in [7, 11) is 0. The molecule has 102 valence electrons. The van der Waals surface area contributed by atoms with Crippen LogP contribution in [-0.4, -0.2) is 4.98 Å². The van der Waals surface area contributed by atoms with E-state index in [1.165, 1.54) is 0 Å². The molecule has 0 spiro atoms. The van der Waals surface area contributed by atoms with Crippen LogP contribution in [0.5, 0.6) is 0 Å². The number of rotatable bonds is 3. The van der Waals surface area contributed by atoms with Crippen LogP contribution in [0.3, 0.4) is 0 Å². The summed E-state index contributed by atoms with van der Waals surface area (Å²) in [5.74, 6) is 0. The number of nitrogens with two attached hydrogens (primary N) is 1. The van der Waals surface area contributed by atoms with Crippen LogP contribution in [0, 0.1) is 0 Å². The number of nitrogens with one attached hydrogen (secondary N) is 1. The standard InChI is InChI=1S/C15H13N3S.ClH/c16-12-8-4-5-9-13(12)17-15-18-14(10-19-15)11-6-2-1-3-7-11;/h1-10H,16H2,(H,17,18);1H. The lowest BCUT2D eigenvalue weighted by Crippen LogP contribution is -1.95. The second kappa shape index (κ2) is 6.41. The van der Waals surface area contributed by atoms with Gasteiger partial charge in [0.25, 0.3) is 0 Å². The van der Waals surface area contributed by atoms with Crippen molar-refractivity contribution >= 4 is 40.3 Å². The first-order valence-corrected chi connectivity index (χ1v) is 6.83. The summed E-state index contributed by atoms with van der Waals surface area (Å²) in [6, 6.07) is 17.8. The number of nitrogens with zero attached hydrogens (tertiary/aromatic N) is 1. The van der Waals surface area contributed by atoms with Crippen molar-refractivity contribution in [3.05, 3.63) is 60.0 Å². The normalized spacial score (nSPS) is 9.80. The minimum Gasteiger partial charge on any atom is -0.397 e. The molecule has 0 atom stereocenters. The summed E-state index contributed by atoms with van der Waals surface area (Å²) < 4.78 is 0. The molecule has 0 saturated carbocycles. The Kier molecular flexibility index (Phi) is 4.61. The third-order valence-corrected chi connectivity index (χ3v) is 3.53. The van der Waals surface area contributed by atoms with E-state index >= 15 is 0 Å². The van der Waals surface area contributed by atoms with Crippen molar-refractivity contribution in [2.75, 3.05) is 11.1 Å². The first-order chi connectivity index (χ1) is 9.33. The first kappa shape index (κ1) is 14.4. The van der Waals surface area contributed by atoms with E-state index in [2.05, 4.69) is 22.4 Å². The zero-order valence-electron chi connectivity index (χ0n) is 10.6. The molecule has 2 aromatic carbocycles. The number of nitrogen functional groups attached to an aromatic ring is 1. The highest BCUT2D eigenvalue weighted by atomic mass is 35.5. The van der Waals surface area contributed by atoms with E-state index in [1.54, 1.807) is 11.3 Å². The highest BCUT2D eigenvalue weighted by molar-refractivity contribution is 7.14. The summed E-state index contributed by atoms with van der Waals surface area (Å²) in [6.45, 7) is 0. The molecule has 0 saturated heterocycles. The van der Waals surface area contributed by atoms with Crippen molar-refractivity contribution in [1.29, 1.82) is 0 Å². The van der Waals surface area contributed by atoms with Crippen molar-refractivity contribution in [3.8, 4) is 11.3 Å². The average Bonchev–Trinajstić information content (AvgIpc) is 2.91. The van der Waals surface area contributed by atoms with Crippen LogP contribution in [-0.2, 0) is 0 Å². The Bertz CT molecular complexity index is 682. The summed E-state index contributed by atoms with van der Waals surface area (Å²) in [5.41, 5.74) is 9.60. The van der Waals surface area contributed by atoms with E-state index in [1.807, 2.05) is 47.8 Å². The smallest absolute Gasteiger partial charge is 0.187 e. The molecule has 0 amide bonds. The highest BCUT2D eigenvalue weighted by Crippen LogP contribution is 2.28. The van der Waals surface area contributed by atoms with Gasteiger partial charge in [-0.15, -0.1) is 23.7 Å². The molecule has 3 aromatic rings. The van der Waals surface area contributed by atoms with Gasteiger partial charge in [-0.1, -0.05) is 42.5 Å².